The van der Waals surface area contributed by atoms with Gasteiger partial charge in [0.25, 0.3) is 0 Å². The minimum absolute atomic E-state index is 0.249. The molecule has 1 heterocycles. The van der Waals surface area contributed by atoms with Gasteiger partial charge < -0.3 is 11.5 Å². The van der Waals surface area contributed by atoms with Gasteiger partial charge in [-0.05, 0) is 24.3 Å². The topological polar surface area (TPSA) is 93.1 Å². The molecule has 0 atom stereocenters. The molecule has 0 aliphatic heterocycles. The Balaban J connectivity index is 2.01. The van der Waals surface area contributed by atoms with Crippen LogP contribution in [0.15, 0.2) is 67.0 Å². The van der Waals surface area contributed by atoms with E-state index in [0.717, 1.165) is 11.4 Å². The summed E-state index contributed by atoms with van der Waals surface area (Å²) in [5.74, 6) is 0.707. The molecule has 0 aliphatic carbocycles. The molecule has 3 aromatic rings. The van der Waals surface area contributed by atoms with Crippen molar-refractivity contribution in [2.24, 2.45) is 0 Å². The fraction of sp³-hybridized carbons (Fsp3) is 0. The first-order valence-corrected chi connectivity index (χ1v) is 6.78. The van der Waals surface area contributed by atoms with E-state index >= 15 is 0 Å². The van der Waals surface area contributed by atoms with E-state index in [4.69, 9.17) is 11.5 Å². The SMILES string of the molecule is Nc1ncnc(NN(c2ccccc2)c2ccccc2)c1N. The molecule has 6 nitrogen and oxygen atoms in total. The van der Waals surface area contributed by atoms with Gasteiger partial charge in [0.15, 0.2) is 11.6 Å². The molecule has 0 bridgehead atoms. The smallest absolute Gasteiger partial charge is 0.173 e. The Labute approximate surface area is 128 Å². The van der Waals surface area contributed by atoms with E-state index in [1.165, 1.54) is 6.33 Å². The summed E-state index contributed by atoms with van der Waals surface area (Å²) in [7, 11) is 0. The van der Waals surface area contributed by atoms with Crippen LogP contribution >= 0.6 is 0 Å². The zero-order chi connectivity index (χ0) is 15.4. The van der Waals surface area contributed by atoms with Crippen LogP contribution in [0.4, 0.5) is 28.7 Å². The summed E-state index contributed by atoms with van der Waals surface area (Å²) in [4.78, 5) is 8.04. The van der Waals surface area contributed by atoms with Gasteiger partial charge >= 0.3 is 0 Å². The van der Waals surface area contributed by atoms with Crippen LogP contribution in [0.1, 0.15) is 0 Å². The Hall–Kier alpha value is -3.28. The third kappa shape index (κ3) is 2.76. The number of benzene rings is 2. The molecule has 0 saturated carbocycles. The number of nitrogens with zero attached hydrogens (tertiary/aromatic N) is 3. The number of rotatable bonds is 4. The molecule has 22 heavy (non-hydrogen) atoms. The molecule has 0 saturated heterocycles. The standard InChI is InChI=1S/C16H16N6/c17-14-15(18)19-11-20-16(14)21-22(12-7-3-1-4-8-12)13-9-5-2-6-10-13/h1-11H,17H2,(H3,18,19,20,21). The Morgan fingerprint density at radius 1 is 0.773 bits per heavy atom. The first kappa shape index (κ1) is 13.7. The Morgan fingerprint density at radius 3 is 1.86 bits per heavy atom. The largest absolute Gasteiger partial charge is 0.393 e. The maximum atomic E-state index is 5.95. The molecule has 5 N–H and O–H groups in total. The number of aromatic nitrogens is 2. The molecule has 0 spiro atoms. The lowest BCUT2D eigenvalue weighted by Crippen LogP contribution is -2.26. The summed E-state index contributed by atoms with van der Waals surface area (Å²) in [6, 6.07) is 19.7. The van der Waals surface area contributed by atoms with Crippen LogP contribution in [0.5, 0.6) is 0 Å². The number of anilines is 5. The Morgan fingerprint density at radius 2 is 1.32 bits per heavy atom. The van der Waals surface area contributed by atoms with Crippen molar-refractivity contribution in [1.29, 1.82) is 0 Å². The summed E-state index contributed by atoms with van der Waals surface area (Å²) in [6.07, 6.45) is 1.38. The number of para-hydroxylation sites is 2. The van der Waals surface area contributed by atoms with Crippen LogP contribution in [-0.4, -0.2) is 9.97 Å². The van der Waals surface area contributed by atoms with E-state index in [1.807, 2.05) is 65.7 Å². The highest BCUT2D eigenvalue weighted by Crippen LogP contribution is 2.28. The zero-order valence-electron chi connectivity index (χ0n) is 11.8. The number of hydrogen-bond acceptors (Lipinski definition) is 6. The van der Waals surface area contributed by atoms with Crippen LogP contribution in [0, 0.1) is 0 Å². The maximum absolute atomic E-state index is 5.95. The number of hydrazine groups is 1. The van der Waals surface area contributed by atoms with Gasteiger partial charge in [0.1, 0.15) is 12.0 Å². The van der Waals surface area contributed by atoms with Gasteiger partial charge in [-0.15, -0.1) is 0 Å². The van der Waals surface area contributed by atoms with Crippen molar-refractivity contribution in [3.05, 3.63) is 67.0 Å². The Bertz CT molecular complexity index is 706. The van der Waals surface area contributed by atoms with E-state index < -0.39 is 0 Å². The predicted octanol–water partition coefficient (Wildman–Crippen LogP) is 2.81. The molecular weight excluding hydrogens is 276 g/mol. The van der Waals surface area contributed by atoms with E-state index in [1.54, 1.807) is 0 Å². The van der Waals surface area contributed by atoms with Crippen molar-refractivity contribution in [3.8, 4) is 0 Å². The second kappa shape index (κ2) is 6.01. The lowest BCUT2D eigenvalue weighted by molar-refractivity contribution is 1.10. The Kier molecular flexibility index (Phi) is 3.74. The molecular formula is C16H16N6. The quantitative estimate of drug-likeness (QED) is 0.640. The second-order valence-electron chi connectivity index (χ2n) is 4.64. The first-order valence-electron chi connectivity index (χ1n) is 6.78. The van der Waals surface area contributed by atoms with Crippen molar-refractivity contribution in [1.82, 2.24) is 9.97 Å². The van der Waals surface area contributed by atoms with Gasteiger partial charge in [0, 0.05) is 0 Å². The number of nitrogens with two attached hydrogens (primary N) is 2. The second-order valence-corrected chi connectivity index (χ2v) is 4.64. The molecule has 1 aromatic heterocycles. The maximum Gasteiger partial charge on any atom is 0.173 e. The average molecular weight is 292 g/mol. The van der Waals surface area contributed by atoms with Gasteiger partial charge in [0.2, 0.25) is 0 Å². The van der Waals surface area contributed by atoms with Crippen molar-refractivity contribution in [2.75, 3.05) is 21.9 Å². The fourth-order valence-corrected chi connectivity index (χ4v) is 2.04. The fourth-order valence-electron chi connectivity index (χ4n) is 2.04. The molecule has 3 rings (SSSR count). The van der Waals surface area contributed by atoms with Crippen molar-refractivity contribution < 1.29 is 0 Å². The van der Waals surface area contributed by atoms with Gasteiger partial charge in [-0.25, -0.2) is 9.97 Å². The molecule has 0 fully saturated rings. The van der Waals surface area contributed by atoms with Crippen LogP contribution in [0.3, 0.4) is 0 Å². The molecule has 110 valence electrons. The van der Waals surface area contributed by atoms with Gasteiger partial charge in [-0.3, -0.25) is 10.4 Å². The van der Waals surface area contributed by atoms with Crippen molar-refractivity contribution in [2.45, 2.75) is 0 Å². The highest BCUT2D eigenvalue weighted by Gasteiger charge is 2.12. The number of nitrogens with one attached hydrogen (secondary N) is 1. The van der Waals surface area contributed by atoms with Crippen molar-refractivity contribution in [3.63, 3.8) is 0 Å². The normalized spacial score (nSPS) is 10.2. The molecule has 6 heteroatoms. The lowest BCUT2D eigenvalue weighted by atomic mass is 10.2. The average Bonchev–Trinajstić information content (AvgIpc) is 2.58. The highest BCUT2D eigenvalue weighted by molar-refractivity contribution is 5.76. The van der Waals surface area contributed by atoms with Crippen LogP contribution in [-0.2, 0) is 0 Å². The minimum Gasteiger partial charge on any atom is -0.393 e. The highest BCUT2D eigenvalue weighted by atomic mass is 15.5. The first-order chi connectivity index (χ1) is 10.8. The third-order valence-corrected chi connectivity index (χ3v) is 3.16. The molecule has 0 radical (unpaired) electrons. The number of hydrogen-bond donors (Lipinski definition) is 3. The summed E-state index contributed by atoms with van der Waals surface area (Å²) < 4.78 is 0. The minimum atomic E-state index is 0.249. The summed E-state index contributed by atoms with van der Waals surface area (Å²) in [5.41, 5.74) is 17.1. The van der Waals surface area contributed by atoms with Gasteiger partial charge in [-0.2, -0.15) is 0 Å². The monoisotopic (exact) mass is 292 g/mol. The molecule has 0 aliphatic rings. The molecule has 0 unspecified atom stereocenters. The van der Waals surface area contributed by atoms with E-state index in [0.29, 0.717) is 11.5 Å². The van der Waals surface area contributed by atoms with E-state index in [-0.39, 0.29) is 5.82 Å². The van der Waals surface area contributed by atoms with Crippen LogP contribution in [0.2, 0.25) is 0 Å². The predicted molar refractivity (Wildman–Crippen MR) is 89.5 cm³/mol. The molecule has 0 amide bonds. The summed E-state index contributed by atoms with van der Waals surface area (Å²) >= 11 is 0. The van der Waals surface area contributed by atoms with Gasteiger partial charge in [0.05, 0.1) is 11.4 Å². The molecule has 2 aromatic carbocycles. The zero-order valence-corrected chi connectivity index (χ0v) is 11.8. The van der Waals surface area contributed by atoms with E-state index in [9.17, 15) is 0 Å². The number of nitrogen functional groups attached to an aromatic ring is 2. The summed E-state index contributed by atoms with van der Waals surface area (Å²) in [5, 5.41) is 1.89. The van der Waals surface area contributed by atoms with Crippen LogP contribution < -0.4 is 21.9 Å². The van der Waals surface area contributed by atoms with Crippen molar-refractivity contribution >= 4 is 28.7 Å². The third-order valence-electron chi connectivity index (χ3n) is 3.16. The van der Waals surface area contributed by atoms with E-state index in [2.05, 4.69) is 15.4 Å². The van der Waals surface area contributed by atoms with Crippen LogP contribution in [0.25, 0.3) is 0 Å². The van der Waals surface area contributed by atoms with Gasteiger partial charge in [-0.1, -0.05) is 36.4 Å². The lowest BCUT2D eigenvalue weighted by Gasteiger charge is -2.26. The summed E-state index contributed by atoms with van der Waals surface area (Å²) in [6.45, 7) is 0.